The summed E-state index contributed by atoms with van der Waals surface area (Å²) in [7, 11) is 0. The standard InChI is InChI=1S/C29H41NO6S/c1-18-8-13-21(26-24(33)23(32)25(34)27(36-26)37-4)16-22(18)15-20-11-9-19(10-12-20)7-5-6-14-30-28(35)29(2,3)17-31/h8-13,16,23-27,31-34H,5-7,14-15,17H2,1-4H3,(H,30,35). The summed E-state index contributed by atoms with van der Waals surface area (Å²) in [5.74, 6) is -0.124. The number of amides is 1. The number of nitrogens with one attached hydrogen (secondary N) is 1. The maximum atomic E-state index is 12.0. The minimum atomic E-state index is -1.27. The number of rotatable bonds is 11. The number of benzene rings is 2. The Balaban J connectivity index is 1.56. The topological polar surface area (TPSA) is 119 Å². The number of aliphatic hydroxyl groups is 4. The molecule has 3 rings (SSSR count). The van der Waals surface area contributed by atoms with E-state index in [9.17, 15) is 25.2 Å². The summed E-state index contributed by atoms with van der Waals surface area (Å²) in [5, 5.41) is 43.2. The Bertz CT molecular complexity index is 1030. The van der Waals surface area contributed by atoms with Gasteiger partial charge in [0.2, 0.25) is 5.91 Å². The molecule has 1 aliphatic heterocycles. The van der Waals surface area contributed by atoms with Crippen molar-refractivity contribution in [2.24, 2.45) is 5.41 Å². The van der Waals surface area contributed by atoms with Gasteiger partial charge in [-0.15, -0.1) is 11.8 Å². The van der Waals surface area contributed by atoms with Gasteiger partial charge in [0.1, 0.15) is 29.9 Å². The fourth-order valence-corrected chi connectivity index (χ4v) is 5.06. The van der Waals surface area contributed by atoms with Crippen LogP contribution in [0.4, 0.5) is 0 Å². The fraction of sp³-hybridized carbons (Fsp3) is 0.552. The highest BCUT2D eigenvalue weighted by Gasteiger charge is 2.44. The van der Waals surface area contributed by atoms with Gasteiger partial charge in [-0.2, -0.15) is 0 Å². The summed E-state index contributed by atoms with van der Waals surface area (Å²) in [5.41, 5.74) is 4.08. The predicted octanol–water partition coefficient (Wildman–Crippen LogP) is 2.89. The number of hydrogen-bond donors (Lipinski definition) is 5. The third-order valence-electron chi connectivity index (χ3n) is 7.11. The average molecular weight is 532 g/mol. The largest absolute Gasteiger partial charge is 0.395 e. The monoisotopic (exact) mass is 531 g/mol. The molecule has 0 bridgehead atoms. The van der Waals surface area contributed by atoms with Crippen LogP contribution in [0.2, 0.25) is 0 Å². The summed E-state index contributed by atoms with van der Waals surface area (Å²) in [4.78, 5) is 12.0. The molecule has 2 aromatic carbocycles. The quantitative estimate of drug-likeness (QED) is 0.283. The van der Waals surface area contributed by atoms with Gasteiger partial charge < -0.3 is 30.5 Å². The van der Waals surface area contributed by atoms with Crippen LogP contribution in [0, 0.1) is 12.3 Å². The van der Waals surface area contributed by atoms with Gasteiger partial charge in [0, 0.05) is 6.54 Å². The Morgan fingerprint density at radius 3 is 2.32 bits per heavy atom. The van der Waals surface area contributed by atoms with Crippen LogP contribution in [0.3, 0.4) is 0 Å². The molecule has 1 saturated heterocycles. The lowest BCUT2D eigenvalue weighted by Gasteiger charge is -2.40. The van der Waals surface area contributed by atoms with E-state index < -0.39 is 35.3 Å². The summed E-state index contributed by atoms with van der Waals surface area (Å²) in [6.07, 6.45) is 0.972. The first-order chi connectivity index (χ1) is 17.6. The molecular weight excluding hydrogens is 490 g/mol. The Morgan fingerprint density at radius 1 is 1.00 bits per heavy atom. The molecule has 0 saturated carbocycles. The zero-order valence-electron chi connectivity index (χ0n) is 22.2. The van der Waals surface area contributed by atoms with Crippen molar-refractivity contribution in [1.82, 2.24) is 5.32 Å². The molecule has 2 aromatic rings. The molecule has 0 aromatic heterocycles. The van der Waals surface area contributed by atoms with Gasteiger partial charge in [0.15, 0.2) is 0 Å². The van der Waals surface area contributed by atoms with Gasteiger partial charge in [-0.05, 0) is 80.5 Å². The SMILES string of the molecule is CSC1OC(c2ccc(C)c(Cc3ccc(CCCCNC(=O)C(C)(C)CO)cc3)c2)C(O)C(O)C1O. The lowest BCUT2D eigenvalue weighted by Crippen LogP contribution is -2.52. The molecule has 1 heterocycles. The van der Waals surface area contributed by atoms with Gasteiger partial charge in [0.05, 0.1) is 12.0 Å². The minimum Gasteiger partial charge on any atom is -0.395 e. The summed E-state index contributed by atoms with van der Waals surface area (Å²) in [6.45, 7) is 5.94. The lowest BCUT2D eigenvalue weighted by atomic mass is 9.91. The second kappa shape index (κ2) is 13.2. The van der Waals surface area contributed by atoms with Crippen molar-refractivity contribution in [3.63, 3.8) is 0 Å². The van der Waals surface area contributed by atoms with Gasteiger partial charge in [0.25, 0.3) is 0 Å². The number of carbonyl (C=O) groups is 1. The molecule has 0 radical (unpaired) electrons. The number of carbonyl (C=O) groups excluding carboxylic acids is 1. The van der Waals surface area contributed by atoms with Gasteiger partial charge in [-0.3, -0.25) is 4.79 Å². The van der Waals surface area contributed by atoms with Crippen LogP contribution in [0.5, 0.6) is 0 Å². The average Bonchev–Trinajstić information content (AvgIpc) is 2.89. The summed E-state index contributed by atoms with van der Waals surface area (Å²) >= 11 is 1.31. The zero-order valence-corrected chi connectivity index (χ0v) is 23.0. The molecule has 7 nitrogen and oxygen atoms in total. The molecule has 1 aliphatic rings. The van der Waals surface area contributed by atoms with Crippen LogP contribution in [0.15, 0.2) is 42.5 Å². The highest BCUT2D eigenvalue weighted by atomic mass is 32.2. The van der Waals surface area contributed by atoms with E-state index in [1.165, 1.54) is 22.9 Å². The predicted molar refractivity (Wildman–Crippen MR) is 146 cm³/mol. The molecule has 1 fully saturated rings. The second-order valence-electron chi connectivity index (χ2n) is 10.6. The maximum absolute atomic E-state index is 12.0. The van der Waals surface area contributed by atoms with E-state index in [2.05, 4.69) is 36.5 Å². The second-order valence-corrected chi connectivity index (χ2v) is 11.5. The highest BCUT2D eigenvalue weighted by Crippen LogP contribution is 2.36. The first-order valence-electron chi connectivity index (χ1n) is 12.9. The number of hydrogen-bond acceptors (Lipinski definition) is 7. The van der Waals surface area contributed by atoms with Crippen molar-refractivity contribution in [3.05, 3.63) is 70.3 Å². The number of thioether (sulfide) groups is 1. The number of unbranched alkanes of at least 4 members (excludes halogenated alkanes) is 1. The molecule has 1 amide bonds. The van der Waals surface area contributed by atoms with E-state index in [-0.39, 0.29) is 12.5 Å². The van der Waals surface area contributed by atoms with Crippen molar-refractivity contribution >= 4 is 17.7 Å². The Labute approximate surface area is 224 Å². The molecule has 0 aliphatic carbocycles. The first-order valence-corrected chi connectivity index (χ1v) is 14.1. The van der Waals surface area contributed by atoms with Crippen molar-refractivity contribution in [2.75, 3.05) is 19.4 Å². The Kier molecular flexibility index (Phi) is 10.6. The van der Waals surface area contributed by atoms with Crippen LogP contribution >= 0.6 is 11.8 Å². The van der Waals surface area contributed by atoms with Gasteiger partial charge >= 0.3 is 0 Å². The minimum absolute atomic E-state index is 0.124. The smallest absolute Gasteiger partial charge is 0.227 e. The van der Waals surface area contributed by atoms with E-state index >= 15 is 0 Å². The van der Waals surface area contributed by atoms with Crippen LogP contribution in [0.1, 0.15) is 60.6 Å². The lowest BCUT2D eigenvalue weighted by molar-refractivity contribution is -0.200. The third-order valence-corrected chi connectivity index (χ3v) is 7.96. The van der Waals surface area contributed by atoms with Crippen molar-refractivity contribution in [2.45, 2.75) is 76.3 Å². The van der Waals surface area contributed by atoms with E-state index in [0.717, 1.165) is 42.4 Å². The summed E-state index contributed by atoms with van der Waals surface area (Å²) < 4.78 is 5.94. The van der Waals surface area contributed by atoms with E-state index in [1.807, 2.05) is 18.2 Å². The van der Waals surface area contributed by atoms with Crippen molar-refractivity contribution in [3.8, 4) is 0 Å². The molecule has 0 spiro atoms. The normalized spacial score (nSPS) is 24.2. The van der Waals surface area contributed by atoms with Gasteiger partial charge in [-0.1, -0.05) is 42.5 Å². The van der Waals surface area contributed by atoms with Crippen LogP contribution < -0.4 is 5.32 Å². The van der Waals surface area contributed by atoms with E-state index in [1.54, 1.807) is 20.1 Å². The van der Waals surface area contributed by atoms with Crippen LogP contribution in [-0.4, -0.2) is 69.5 Å². The molecular formula is C29H41NO6S. The number of aliphatic hydroxyl groups excluding tert-OH is 4. The third kappa shape index (κ3) is 7.56. The molecule has 5 unspecified atom stereocenters. The molecule has 204 valence electrons. The maximum Gasteiger partial charge on any atom is 0.227 e. The molecule has 37 heavy (non-hydrogen) atoms. The van der Waals surface area contributed by atoms with Crippen LogP contribution in [-0.2, 0) is 22.4 Å². The molecule has 5 N–H and O–H groups in total. The molecule has 8 heteroatoms. The number of aryl methyl sites for hydroxylation is 2. The number of ether oxygens (including phenoxy) is 1. The Hall–Kier alpha value is -1.94. The summed E-state index contributed by atoms with van der Waals surface area (Å²) in [6, 6.07) is 14.5. The van der Waals surface area contributed by atoms with Crippen molar-refractivity contribution < 1.29 is 30.0 Å². The van der Waals surface area contributed by atoms with E-state index in [4.69, 9.17) is 4.74 Å². The first kappa shape index (κ1) is 29.6. The zero-order chi connectivity index (χ0) is 27.2. The van der Waals surface area contributed by atoms with E-state index in [0.29, 0.717) is 6.54 Å². The van der Waals surface area contributed by atoms with Gasteiger partial charge in [-0.25, -0.2) is 0 Å². The fourth-order valence-electron chi connectivity index (χ4n) is 4.39. The Morgan fingerprint density at radius 2 is 1.68 bits per heavy atom. The van der Waals surface area contributed by atoms with Crippen molar-refractivity contribution in [1.29, 1.82) is 0 Å². The van der Waals surface area contributed by atoms with Crippen LogP contribution in [0.25, 0.3) is 0 Å². The highest BCUT2D eigenvalue weighted by molar-refractivity contribution is 7.99. The molecule has 5 atom stereocenters.